The van der Waals surface area contributed by atoms with Gasteiger partial charge in [0.1, 0.15) is 5.60 Å². The zero-order valence-corrected chi connectivity index (χ0v) is 10.4. The first kappa shape index (κ1) is 13.9. The molecule has 2 unspecified atom stereocenters. The van der Waals surface area contributed by atoms with E-state index in [1.165, 1.54) is 19.1 Å². The third-order valence-electron chi connectivity index (χ3n) is 2.40. The lowest BCUT2D eigenvalue weighted by Gasteiger charge is -2.26. The van der Waals surface area contributed by atoms with Crippen molar-refractivity contribution >= 4 is 17.6 Å². The van der Waals surface area contributed by atoms with Crippen molar-refractivity contribution in [3.8, 4) is 0 Å². The highest BCUT2D eigenvalue weighted by Gasteiger charge is 2.40. The lowest BCUT2D eigenvalue weighted by Crippen LogP contribution is -2.40. The molecule has 0 amide bonds. The Hall–Kier alpha value is -1.13. The number of aliphatic hydroxyl groups is 1. The summed E-state index contributed by atoms with van der Waals surface area (Å²) < 4.78 is 18.3. The molecule has 0 saturated heterocycles. The van der Waals surface area contributed by atoms with E-state index in [1.54, 1.807) is 19.1 Å². The average Bonchev–Trinajstić information content (AvgIpc) is 2.28. The minimum Gasteiger partial charge on any atom is -0.464 e. The number of ether oxygens (including phenoxy) is 1. The molecule has 2 atom stereocenters. The Morgan fingerprint density at radius 1 is 1.65 bits per heavy atom. The van der Waals surface area contributed by atoms with Crippen LogP contribution in [0.25, 0.3) is 0 Å². The fourth-order valence-electron chi connectivity index (χ4n) is 1.39. The second-order valence-corrected chi connectivity index (χ2v) is 4.21. The SMILES string of the molecule is CCOC(=O)C(F)C(C)(O)c1cccc(Cl)c1. The number of rotatable bonds is 4. The number of halogens is 2. The van der Waals surface area contributed by atoms with Crippen LogP contribution >= 0.6 is 11.6 Å². The highest BCUT2D eigenvalue weighted by Crippen LogP contribution is 2.29. The van der Waals surface area contributed by atoms with E-state index in [-0.39, 0.29) is 12.2 Å². The lowest BCUT2D eigenvalue weighted by molar-refractivity contribution is -0.160. The third-order valence-corrected chi connectivity index (χ3v) is 2.63. The van der Waals surface area contributed by atoms with Crippen LogP contribution in [0, 0.1) is 0 Å². The number of alkyl halides is 1. The molecule has 0 heterocycles. The molecule has 0 saturated carbocycles. The number of carbonyl (C=O) groups is 1. The first-order chi connectivity index (χ1) is 7.89. The number of hydrogen-bond acceptors (Lipinski definition) is 3. The summed E-state index contributed by atoms with van der Waals surface area (Å²) in [5.41, 5.74) is -1.73. The molecule has 0 aromatic heterocycles. The van der Waals surface area contributed by atoms with Gasteiger partial charge in [0.15, 0.2) is 0 Å². The van der Waals surface area contributed by atoms with E-state index in [0.717, 1.165) is 0 Å². The number of carbonyl (C=O) groups excluding carboxylic acids is 1. The van der Waals surface area contributed by atoms with Gasteiger partial charge in [0.25, 0.3) is 0 Å². The molecule has 0 spiro atoms. The topological polar surface area (TPSA) is 46.5 Å². The van der Waals surface area contributed by atoms with Gasteiger partial charge in [0.2, 0.25) is 6.17 Å². The van der Waals surface area contributed by atoms with E-state index in [4.69, 9.17) is 11.6 Å². The fraction of sp³-hybridized carbons (Fsp3) is 0.417. The van der Waals surface area contributed by atoms with Gasteiger partial charge in [-0.1, -0.05) is 23.7 Å². The molecule has 5 heteroatoms. The van der Waals surface area contributed by atoms with Crippen LogP contribution in [0.15, 0.2) is 24.3 Å². The predicted molar refractivity (Wildman–Crippen MR) is 62.6 cm³/mol. The van der Waals surface area contributed by atoms with Crippen molar-refractivity contribution in [2.24, 2.45) is 0 Å². The first-order valence-corrected chi connectivity index (χ1v) is 5.56. The van der Waals surface area contributed by atoms with Gasteiger partial charge in [-0.15, -0.1) is 0 Å². The van der Waals surface area contributed by atoms with Gasteiger partial charge < -0.3 is 9.84 Å². The molecular formula is C12H14ClFO3. The van der Waals surface area contributed by atoms with E-state index < -0.39 is 17.7 Å². The van der Waals surface area contributed by atoms with Crippen molar-refractivity contribution in [3.63, 3.8) is 0 Å². The van der Waals surface area contributed by atoms with Crippen molar-refractivity contribution in [2.45, 2.75) is 25.6 Å². The van der Waals surface area contributed by atoms with Crippen LogP contribution in [0.4, 0.5) is 4.39 Å². The van der Waals surface area contributed by atoms with Gasteiger partial charge in [-0.25, -0.2) is 9.18 Å². The first-order valence-electron chi connectivity index (χ1n) is 5.18. The minimum absolute atomic E-state index is 0.0604. The van der Waals surface area contributed by atoms with Crippen molar-refractivity contribution in [1.82, 2.24) is 0 Å². The average molecular weight is 261 g/mol. The normalized spacial score (nSPS) is 16.1. The van der Waals surface area contributed by atoms with Gasteiger partial charge in [-0.2, -0.15) is 0 Å². The molecule has 3 nitrogen and oxygen atoms in total. The maximum absolute atomic E-state index is 13.8. The Bertz CT molecular complexity index is 406. The Morgan fingerprint density at radius 3 is 2.82 bits per heavy atom. The van der Waals surface area contributed by atoms with Crippen LogP contribution < -0.4 is 0 Å². The van der Waals surface area contributed by atoms with E-state index in [9.17, 15) is 14.3 Å². The van der Waals surface area contributed by atoms with Crippen LogP contribution in [-0.2, 0) is 15.1 Å². The minimum atomic E-state index is -2.15. The summed E-state index contributed by atoms with van der Waals surface area (Å²) in [6.45, 7) is 2.84. The lowest BCUT2D eigenvalue weighted by atomic mass is 9.91. The Labute approximate surface area is 104 Å². The molecule has 0 aliphatic carbocycles. The van der Waals surface area contributed by atoms with E-state index in [1.807, 2.05) is 0 Å². The van der Waals surface area contributed by atoms with Crippen LogP contribution in [0.1, 0.15) is 19.4 Å². The van der Waals surface area contributed by atoms with Crippen molar-refractivity contribution in [3.05, 3.63) is 34.9 Å². The Morgan fingerprint density at radius 2 is 2.29 bits per heavy atom. The summed E-state index contributed by atoms with van der Waals surface area (Å²) >= 11 is 5.75. The largest absolute Gasteiger partial charge is 0.464 e. The zero-order chi connectivity index (χ0) is 13.1. The summed E-state index contributed by atoms with van der Waals surface area (Å²) in [4.78, 5) is 11.3. The maximum atomic E-state index is 13.8. The van der Waals surface area contributed by atoms with Crippen LogP contribution in [0.2, 0.25) is 5.02 Å². The molecule has 1 N–H and O–H groups in total. The monoisotopic (exact) mass is 260 g/mol. The molecule has 1 aromatic carbocycles. The van der Waals surface area contributed by atoms with Crippen molar-refractivity contribution in [2.75, 3.05) is 6.61 Å². The Balaban J connectivity index is 2.97. The van der Waals surface area contributed by atoms with Gasteiger partial charge in [0, 0.05) is 5.02 Å². The highest BCUT2D eigenvalue weighted by atomic mass is 35.5. The summed E-state index contributed by atoms with van der Waals surface area (Å²) in [7, 11) is 0. The maximum Gasteiger partial charge on any atom is 0.344 e. The van der Waals surface area contributed by atoms with Gasteiger partial charge >= 0.3 is 5.97 Å². The Kier molecular flexibility index (Phi) is 4.48. The zero-order valence-electron chi connectivity index (χ0n) is 9.61. The highest BCUT2D eigenvalue weighted by molar-refractivity contribution is 6.30. The second kappa shape index (κ2) is 5.47. The molecule has 17 heavy (non-hydrogen) atoms. The van der Waals surface area contributed by atoms with Crippen molar-refractivity contribution in [1.29, 1.82) is 0 Å². The third kappa shape index (κ3) is 3.17. The quantitative estimate of drug-likeness (QED) is 0.846. The van der Waals surface area contributed by atoms with E-state index >= 15 is 0 Å². The summed E-state index contributed by atoms with van der Waals surface area (Å²) in [6.07, 6.45) is -2.15. The van der Waals surface area contributed by atoms with Gasteiger partial charge in [0.05, 0.1) is 6.61 Å². The van der Waals surface area contributed by atoms with E-state index in [2.05, 4.69) is 4.74 Å². The molecule has 94 valence electrons. The smallest absolute Gasteiger partial charge is 0.344 e. The summed E-state index contributed by atoms with van der Waals surface area (Å²) in [6, 6.07) is 6.08. The van der Waals surface area contributed by atoms with Gasteiger partial charge in [-0.05, 0) is 31.5 Å². The predicted octanol–water partition coefficient (Wildman–Crippen LogP) is 2.45. The molecular weight excluding hydrogens is 247 g/mol. The molecule has 0 aliphatic heterocycles. The fourth-order valence-corrected chi connectivity index (χ4v) is 1.58. The second-order valence-electron chi connectivity index (χ2n) is 3.77. The molecule has 0 radical (unpaired) electrons. The van der Waals surface area contributed by atoms with Gasteiger partial charge in [-0.3, -0.25) is 0 Å². The number of esters is 1. The molecule has 0 fully saturated rings. The number of benzene rings is 1. The molecule has 1 aromatic rings. The van der Waals surface area contributed by atoms with Crippen molar-refractivity contribution < 1.29 is 19.0 Å². The van der Waals surface area contributed by atoms with Crippen LogP contribution in [0.5, 0.6) is 0 Å². The molecule has 0 bridgehead atoms. The molecule has 1 rings (SSSR count). The van der Waals surface area contributed by atoms with Crippen LogP contribution in [-0.4, -0.2) is 23.9 Å². The summed E-state index contributed by atoms with van der Waals surface area (Å²) in [5.74, 6) is -1.09. The standard InChI is InChI=1S/C12H14ClFO3/c1-3-17-11(15)10(14)12(2,16)8-5-4-6-9(13)7-8/h4-7,10,16H,3H2,1-2H3. The summed E-state index contributed by atoms with van der Waals surface area (Å²) in [5, 5.41) is 10.4. The molecule has 0 aliphatic rings. The van der Waals surface area contributed by atoms with E-state index in [0.29, 0.717) is 5.02 Å². The van der Waals surface area contributed by atoms with Crippen LogP contribution in [0.3, 0.4) is 0 Å². The number of hydrogen-bond donors (Lipinski definition) is 1.